The summed E-state index contributed by atoms with van der Waals surface area (Å²) in [6.45, 7) is 0. The van der Waals surface area contributed by atoms with E-state index in [0.717, 1.165) is 18.2 Å². The Kier molecular flexibility index (Phi) is 3.32. The molecule has 3 nitrogen and oxygen atoms in total. The molecule has 0 atom stereocenters. The van der Waals surface area contributed by atoms with E-state index in [-0.39, 0.29) is 11.3 Å². The molecule has 1 aliphatic rings. The Morgan fingerprint density at radius 3 is 2.44 bits per heavy atom. The first-order chi connectivity index (χ1) is 8.56. The summed E-state index contributed by atoms with van der Waals surface area (Å²) in [6, 6.07) is 3.04. The van der Waals surface area contributed by atoms with Crippen LogP contribution in [0.15, 0.2) is 48.2 Å². The monoisotopic (exact) mass is 249 g/mol. The Labute approximate surface area is 102 Å². The van der Waals surface area contributed by atoms with Crippen molar-refractivity contribution in [2.24, 2.45) is 0 Å². The zero-order valence-corrected chi connectivity index (χ0v) is 9.27. The average Bonchev–Trinajstić information content (AvgIpc) is 2.53. The van der Waals surface area contributed by atoms with Crippen molar-refractivity contribution in [2.45, 2.75) is 6.42 Å². The number of hydrogen-bond acceptors (Lipinski definition) is 2. The molecular formula is C13H9F2NO2. The van der Waals surface area contributed by atoms with Gasteiger partial charge in [-0.05, 0) is 35.8 Å². The third-order valence-corrected chi connectivity index (χ3v) is 2.47. The quantitative estimate of drug-likeness (QED) is 0.595. The minimum atomic E-state index is -0.713. The normalized spacial score (nSPS) is 14.8. The lowest BCUT2D eigenvalue weighted by atomic mass is 10.0. The molecule has 0 radical (unpaired) electrons. The number of nitro groups is 1. The fourth-order valence-corrected chi connectivity index (χ4v) is 1.68. The Morgan fingerprint density at radius 2 is 1.83 bits per heavy atom. The van der Waals surface area contributed by atoms with Crippen LogP contribution >= 0.6 is 0 Å². The van der Waals surface area contributed by atoms with Crippen LogP contribution in [0.2, 0.25) is 0 Å². The maximum atomic E-state index is 13.1. The van der Waals surface area contributed by atoms with Gasteiger partial charge < -0.3 is 0 Å². The molecule has 1 aromatic carbocycles. The van der Waals surface area contributed by atoms with E-state index in [2.05, 4.69) is 0 Å². The summed E-state index contributed by atoms with van der Waals surface area (Å²) in [5, 5.41) is 10.7. The van der Waals surface area contributed by atoms with Gasteiger partial charge in [-0.15, -0.1) is 0 Å². The maximum absolute atomic E-state index is 13.1. The number of rotatable bonds is 2. The van der Waals surface area contributed by atoms with Gasteiger partial charge in [0.05, 0.1) is 4.92 Å². The van der Waals surface area contributed by atoms with Gasteiger partial charge in [0.2, 0.25) is 0 Å². The van der Waals surface area contributed by atoms with Crippen molar-refractivity contribution in [1.82, 2.24) is 0 Å². The lowest BCUT2D eigenvalue weighted by molar-refractivity contribution is -0.419. The second kappa shape index (κ2) is 4.91. The van der Waals surface area contributed by atoms with E-state index < -0.39 is 16.6 Å². The Morgan fingerprint density at radius 1 is 1.17 bits per heavy atom. The van der Waals surface area contributed by atoms with E-state index in [9.17, 15) is 18.9 Å². The van der Waals surface area contributed by atoms with Crippen LogP contribution in [0.5, 0.6) is 0 Å². The molecule has 0 spiro atoms. The van der Waals surface area contributed by atoms with Crippen LogP contribution in [-0.4, -0.2) is 4.92 Å². The molecule has 0 amide bonds. The van der Waals surface area contributed by atoms with Crippen molar-refractivity contribution in [2.75, 3.05) is 0 Å². The molecule has 18 heavy (non-hydrogen) atoms. The van der Waals surface area contributed by atoms with Gasteiger partial charge in [-0.3, -0.25) is 10.1 Å². The topological polar surface area (TPSA) is 43.1 Å². The largest absolute Gasteiger partial charge is 0.266 e. The first-order valence-electron chi connectivity index (χ1n) is 5.25. The summed E-state index contributed by atoms with van der Waals surface area (Å²) in [5.41, 5.74) is 0.604. The smallest absolute Gasteiger partial charge is 0.258 e. The number of hydrogen-bond donors (Lipinski definition) is 0. The van der Waals surface area contributed by atoms with E-state index >= 15 is 0 Å². The molecule has 0 saturated carbocycles. The zero-order chi connectivity index (χ0) is 13.1. The fraction of sp³-hybridized carbons (Fsp3) is 0.0769. The van der Waals surface area contributed by atoms with E-state index in [1.807, 2.05) is 0 Å². The SMILES string of the molecule is O=[N+]([O-])C1=CCC=CC(c2cc(F)cc(F)c2)=C1. The summed E-state index contributed by atoms with van der Waals surface area (Å²) in [6.07, 6.45) is 6.47. The zero-order valence-electron chi connectivity index (χ0n) is 9.27. The molecule has 0 aliphatic heterocycles. The van der Waals surface area contributed by atoms with Crippen LogP contribution < -0.4 is 0 Å². The molecule has 0 aromatic heterocycles. The van der Waals surface area contributed by atoms with Crippen molar-refractivity contribution in [3.8, 4) is 0 Å². The molecule has 0 N–H and O–H groups in total. The summed E-state index contributed by atoms with van der Waals surface area (Å²) in [4.78, 5) is 10.2. The Hall–Kier alpha value is -2.30. The third kappa shape index (κ3) is 2.68. The second-order valence-corrected chi connectivity index (χ2v) is 3.78. The molecular weight excluding hydrogens is 240 g/mol. The molecule has 0 saturated heterocycles. The van der Waals surface area contributed by atoms with E-state index in [4.69, 9.17) is 0 Å². The van der Waals surface area contributed by atoms with Crippen molar-refractivity contribution in [3.63, 3.8) is 0 Å². The van der Waals surface area contributed by atoms with Crippen molar-refractivity contribution in [3.05, 3.63) is 75.5 Å². The lowest BCUT2D eigenvalue weighted by Gasteiger charge is -2.02. The third-order valence-electron chi connectivity index (χ3n) is 2.47. The van der Waals surface area contributed by atoms with Gasteiger partial charge in [0.25, 0.3) is 5.70 Å². The molecule has 5 heteroatoms. The lowest BCUT2D eigenvalue weighted by Crippen LogP contribution is -1.96. The summed E-state index contributed by atoms with van der Waals surface area (Å²) >= 11 is 0. The highest BCUT2D eigenvalue weighted by atomic mass is 19.1. The standard InChI is InChI=1S/C13H9F2NO2/c14-11-5-10(6-12(15)8-11)9-3-1-2-4-13(7-9)16(17)18/h1,3-8H,2H2. The number of halogens is 2. The molecule has 0 bridgehead atoms. The average molecular weight is 249 g/mol. The number of benzene rings is 1. The Bertz CT molecular complexity index is 568. The highest BCUT2D eigenvalue weighted by molar-refractivity contribution is 5.76. The van der Waals surface area contributed by atoms with Crippen LogP contribution in [0, 0.1) is 21.7 Å². The highest BCUT2D eigenvalue weighted by Crippen LogP contribution is 2.23. The van der Waals surface area contributed by atoms with Gasteiger partial charge in [0, 0.05) is 12.1 Å². The molecule has 1 aliphatic carbocycles. The van der Waals surface area contributed by atoms with Crippen molar-refractivity contribution in [1.29, 1.82) is 0 Å². The summed E-state index contributed by atoms with van der Waals surface area (Å²) < 4.78 is 26.2. The predicted octanol–water partition coefficient (Wildman–Crippen LogP) is 3.47. The van der Waals surface area contributed by atoms with E-state index in [1.54, 1.807) is 12.2 Å². The Balaban J connectivity index is 2.48. The second-order valence-electron chi connectivity index (χ2n) is 3.78. The highest BCUT2D eigenvalue weighted by Gasteiger charge is 2.12. The van der Waals surface area contributed by atoms with Crippen LogP contribution in [-0.2, 0) is 0 Å². The van der Waals surface area contributed by atoms with Crippen LogP contribution in [0.3, 0.4) is 0 Å². The van der Waals surface area contributed by atoms with Gasteiger partial charge in [-0.2, -0.15) is 0 Å². The van der Waals surface area contributed by atoms with Gasteiger partial charge in [-0.1, -0.05) is 12.2 Å². The van der Waals surface area contributed by atoms with Crippen molar-refractivity contribution >= 4 is 5.57 Å². The fourth-order valence-electron chi connectivity index (χ4n) is 1.68. The van der Waals surface area contributed by atoms with Gasteiger partial charge in [-0.25, -0.2) is 8.78 Å². The van der Waals surface area contributed by atoms with Gasteiger partial charge in [0.15, 0.2) is 0 Å². The van der Waals surface area contributed by atoms with Gasteiger partial charge in [0.1, 0.15) is 11.6 Å². The predicted molar refractivity (Wildman–Crippen MR) is 63.2 cm³/mol. The molecule has 0 heterocycles. The number of nitrogens with zero attached hydrogens (tertiary/aromatic N) is 1. The minimum absolute atomic E-state index is 0.0836. The minimum Gasteiger partial charge on any atom is -0.258 e. The number of allylic oxidation sites excluding steroid dienone is 5. The van der Waals surface area contributed by atoms with Gasteiger partial charge >= 0.3 is 0 Å². The first-order valence-corrected chi connectivity index (χ1v) is 5.25. The van der Waals surface area contributed by atoms with E-state index in [0.29, 0.717) is 12.0 Å². The first kappa shape index (κ1) is 12.2. The molecule has 2 rings (SSSR count). The molecule has 1 aromatic rings. The molecule has 92 valence electrons. The maximum Gasteiger partial charge on any atom is 0.266 e. The van der Waals surface area contributed by atoms with E-state index in [1.165, 1.54) is 12.2 Å². The van der Waals surface area contributed by atoms with Crippen molar-refractivity contribution < 1.29 is 13.7 Å². The van der Waals surface area contributed by atoms with Crippen LogP contribution in [0.4, 0.5) is 8.78 Å². The van der Waals surface area contributed by atoms with Crippen LogP contribution in [0.25, 0.3) is 5.57 Å². The molecule has 0 fully saturated rings. The summed E-state index contributed by atoms with van der Waals surface area (Å²) in [5.74, 6) is -1.43. The molecule has 0 unspecified atom stereocenters. The summed E-state index contributed by atoms with van der Waals surface area (Å²) in [7, 11) is 0. The van der Waals surface area contributed by atoms with Crippen LogP contribution in [0.1, 0.15) is 12.0 Å².